The van der Waals surface area contributed by atoms with Crippen molar-refractivity contribution in [2.75, 3.05) is 13.6 Å². The predicted molar refractivity (Wildman–Crippen MR) is 71.6 cm³/mol. The molecule has 0 spiro atoms. The highest BCUT2D eigenvalue weighted by Gasteiger charge is 2.20. The number of halogens is 1. The van der Waals surface area contributed by atoms with Gasteiger partial charge in [-0.1, -0.05) is 34.1 Å². The zero-order chi connectivity index (χ0) is 13.8. The third-order valence-corrected chi connectivity index (χ3v) is 4.99. The molecule has 0 radical (unpaired) electrons. The molecule has 0 bridgehead atoms. The fourth-order valence-corrected chi connectivity index (χ4v) is 3.16. The standard InChI is InChI=1S/C11H14BrNO4S/c1-13(7-6-11(14)15)18(16,17)8-9-4-2-3-5-10(9)12/h2-5H,6-8H2,1H3,(H,14,15). The molecule has 0 saturated carbocycles. The van der Waals surface area contributed by atoms with E-state index in [0.717, 1.165) is 8.78 Å². The first-order valence-electron chi connectivity index (χ1n) is 5.22. The highest BCUT2D eigenvalue weighted by Crippen LogP contribution is 2.19. The van der Waals surface area contributed by atoms with E-state index in [1.165, 1.54) is 7.05 Å². The summed E-state index contributed by atoms with van der Waals surface area (Å²) in [7, 11) is -2.11. The molecule has 0 heterocycles. The van der Waals surface area contributed by atoms with Crippen molar-refractivity contribution < 1.29 is 18.3 Å². The van der Waals surface area contributed by atoms with Crippen LogP contribution in [0.25, 0.3) is 0 Å². The van der Waals surface area contributed by atoms with E-state index >= 15 is 0 Å². The summed E-state index contributed by atoms with van der Waals surface area (Å²) < 4.78 is 25.7. The van der Waals surface area contributed by atoms with Crippen molar-refractivity contribution in [2.24, 2.45) is 0 Å². The molecule has 0 aliphatic carbocycles. The lowest BCUT2D eigenvalue weighted by Crippen LogP contribution is -2.30. The van der Waals surface area contributed by atoms with E-state index < -0.39 is 16.0 Å². The van der Waals surface area contributed by atoms with Gasteiger partial charge in [0.15, 0.2) is 0 Å². The van der Waals surface area contributed by atoms with E-state index in [4.69, 9.17) is 5.11 Å². The Morgan fingerprint density at radius 2 is 2.00 bits per heavy atom. The van der Waals surface area contributed by atoms with Crippen molar-refractivity contribution in [3.8, 4) is 0 Å². The summed E-state index contributed by atoms with van der Waals surface area (Å²) in [5.74, 6) is -1.16. The number of carboxylic acids is 1. The SMILES string of the molecule is CN(CCC(=O)O)S(=O)(=O)Cc1ccccc1Br. The fraction of sp³-hybridized carbons (Fsp3) is 0.364. The van der Waals surface area contributed by atoms with Gasteiger partial charge in [0.1, 0.15) is 0 Å². The predicted octanol–water partition coefficient (Wildman–Crippen LogP) is 1.69. The molecule has 1 N–H and O–H groups in total. The van der Waals surface area contributed by atoms with Crippen LogP contribution in [0.1, 0.15) is 12.0 Å². The second-order valence-corrected chi connectivity index (χ2v) is 6.74. The summed E-state index contributed by atoms with van der Waals surface area (Å²) in [6.07, 6.45) is -0.203. The summed E-state index contributed by atoms with van der Waals surface area (Å²) in [4.78, 5) is 10.4. The van der Waals surface area contributed by atoms with Crippen LogP contribution in [0.2, 0.25) is 0 Å². The molecule has 0 unspecified atom stereocenters. The number of nitrogens with zero attached hydrogens (tertiary/aromatic N) is 1. The number of hydrogen-bond acceptors (Lipinski definition) is 3. The number of hydrogen-bond donors (Lipinski definition) is 1. The molecule has 0 aromatic heterocycles. The molecule has 1 aromatic rings. The lowest BCUT2D eigenvalue weighted by molar-refractivity contribution is -0.137. The topological polar surface area (TPSA) is 74.7 Å². The normalized spacial score (nSPS) is 11.7. The van der Waals surface area contributed by atoms with E-state index in [9.17, 15) is 13.2 Å². The maximum atomic E-state index is 12.0. The monoisotopic (exact) mass is 335 g/mol. The van der Waals surface area contributed by atoms with Gasteiger partial charge in [-0.05, 0) is 11.6 Å². The Morgan fingerprint density at radius 1 is 1.39 bits per heavy atom. The average Bonchev–Trinajstić information content (AvgIpc) is 2.28. The first kappa shape index (κ1) is 15.1. The van der Waals surface area contributed by atoms with Gasteiger partial charge in [0.25, 0.3) is 0 Å². The van der Waals surface area contributed by atoms with Gasteiger partial charge >= 0.3 is 5.97 Å². The molecule has 0 amide bonds. The lowest BCUT2D eigenvalue weighted by Gasteiger charge is -2.16. The molecular weight excluding hydrogens is 322 g/mol. The van der Waals surface area contributed by atoms with Crippen LogP contribution >= 0.6 is 15.9 Å². The van der Waals surface area contributed by atoms with Crippen molar-refractivity contribution in [2.45, 2.75) is 12.2 Å². The highest BCUT2D eigenvalue weighted by molar-refractivity contribution is 9.10. The minimum Gasteiger partial charge on any atom is -0.481 e. The number of benzene rings is 1. The molecule has 0 atom stereocenters. The van der Waals surface area contributed by atoms with E-state index in [2.05, 4.69) is 15.9 Å². The Balaban J connectivity index is 2.76. The fourth-order valence-electron chi connectivity index (χ4n) is 1.31. The molecule has 1 aromatic carbocycles. The Kier molecular flexibility index (Phi) is 5.30. The van der Waals surface area contributed by atoms with Crippen molar-refractivity contribution in [3.63, 3.8) is 0 Å². The third kappa shape index (κ3) is 4.40. The highest BCUT2D eigenvalue weighted by atomic mass is 79.9. The Hall–Kier alpha value is -0.920. The first-order chi connectivity index (χ1) is 8.33. The molecule has 0 fully saturated rings. The van der Waals surface area contributed by atoms with E-state index in [-0.39, 0.29) is 18.7 Å². The Labute approximate surface area is 115 Å². The van der Waals surface area contributed by atoms with Gasteiger partial charge in [-0.15, -0.1) is 0 Å². The zero-order valence-electron chi connectivity index (χ0n) is 9.84. The molecule has 7 heteroatoms. The molecule has 0 aliphatic heterocycles. The van der Waals surface area contributed by atoms with Gasteiger partial charge < -0.3 is 5.11 Å². The van der Waals surface area contributed by atoms with Crippen LogP contribution in [-0.2, 0) is 20.6 Å². The van der Waals surface area contributed by atoms with Gasteiger partial charge in [-0.25, -0.2) is 12.7 Å². The summed E-state index contributed by atoms with van der Waals surface area (Å²) in [6.45, 7) is -0.0257. The summed E-state index contributed by atoms with van der Waals surface area (Å²) in [5, 5.41) is 8.53. The van der Waals surface area contributed by atoms with E-state index in [0.29, 0.717) is 5.56 Å². The Bertz CT molecular complexity index is 530. The van der Waals surface area contributed by atoms with Crippen molar-refractivity contribution in [1.82, 2.24) is 4.31 Å². The number of carboxylic acid groups (broad SMARTS) is 1. The molecular formula is C11H14BrNO4S. The third-order valence-electron chi connectivity index (χ3n) is 2.41. The smallest absolute Gasteiger partial charge is 0.304 e. The van der Waals surface area contributed by atoms with E-state index in [1.807, 2.05) is 0 Å². The summed E-state index contributed by atoms with van der Waals surface area (Å²) in [5.41, 5.74) is 0.652. The van der Waals surface area contributed by atoms with Crippen molar-refractivity contribution >= 4 is 31.9 Å². The van der Waals surface area contributed by atoms with Crippen molar-refractivity contribution in [3.05, 3.63) is 34.3 Å². The van der Waals surface area contributed by atoms with Crippen LogP contribution in [0.5, 0.6) is 0 Å². The summed E-state index contributed by atoms with van der Waals surface area (Å²) >= 11 is 3.28. The number of carbonyl (C=O) groups is 1. The quantitative estimate of drug-likeness (QED) is 0.858. The number of aliphatic carboxylic acids is 1. The first-order valence-corrected chi connectivity index (χ1v) is 7.62. The van der Waals surface area contributed by atoms with Crippen LogP contribution in [0.4, 0.5) is 0 Å². The lowest BCUT2D eigenvalue weighted by atomic mass is 10.2. The molecule has 100 valence electrons. The van der Waals surface area contributed by atoms with Crippen molar-refractivity contribution in [1.29, 1.82) is 0 Å². The van der Waals surface area contributed by atoms with Gasteiger partial charge in [-0.2, -0.15) is 0 Å². The molecule has 18 heavy (non-hydrogen) atoms. The summed E-state index contributed by atoms with van der Waals surface area (Å²) in [6, 6.07) is 7.04. The minimum atomic E-state index is -3.49. The number of rotatable bonds is 6. The van der Waals surface area contributed by atoms with Crippen LogP contribution in [0, 0.1) is 0 Å². The Morgan fingerprint density at radius 3 is 2.56 bits per heavy atom. The second-order valence-electron chi connectivity index (χ2n) is 3.81. The molecule has 5 nitrogen and oxygen atoms in total. The molecule has 0 saturated heterocycles. The van der Waals surface area contributed by atoms with Crippen LogP contribution in [0.3, 0.4) is 0 Å². The van der Waals surface area contributed by atoms with Crippen LogP contribution < -0.4 is 0 Å². The van der Waals surface area contributed by atoms with Gasteiger partial charge in [0, 0.05) is 18.1 Å². The van der Waals surface area contributed by atoms with Gasteiger partial charge in [0.2, 0.25) is 10.0 Å². The largest absolute Gasteiger partial charge is 0.481 e. The van der Waals surface area contributed by atoms with Gasteiger partial charge in [-0.3, -0.25) is 4.79 Å². The minimum absolute atomic E-state index is 0.0257. The van der Waals surface area contributed by atoms with E-state index in [1.54, 1.807) is 24.3 Å². The zero-order valence-corrected chi connectivity index (χ0v) is 12.2. The maximum absolute atomic E-state index is 12.0. The second kappa shape index (κ2) is 6.31. The van der Waals surface area contributed by atoms with Gasteiger partial charge in [0.05, 0.1) is 12.2 Å². The maximum Gasteiger partial charge on any atom is 0.304 e. The molecule has 1 rings (SSSR count). The van der Waals surface area contributed by atoms with Crippen LogP contribution in [0.15, 0.2) is 28.7 Å². The number of sulfonamides is 1. The molecule has 0 aliphatic rings. The average molecular weight is 336 g/mol. The van der Waals surface area contributed by atoms with Crippen LogP contribution in [-0.4, -0.2) is 37.4 Å².